The van der Waals surface area contributed by atoms with E-state index in [1.54, 1.807) is 17.0 Å². The molecular formula is C19H19N3O6. The van der Waals surface area contributed by atoms with Crippen LogP contribution in [0, 0.1) is 0 Å². The van der Waals surface area contributed by atoms with Crippen LogP contribution in [0.5, 0.6) is 0 Å². The molecule has 1 saturated heterocycles. The third kappa shape index (κ3) is 3.48. The van der Waals surface area contributed by atoms with Gasteiger partial charge in [0.05, 0.1) is 19.0 Å². The summed E-state index contributed by atoms with van der Waals surface area (Å²) < 4.78 is 17.1. The van der Waals surface area contributed by atoms with Crippen LogP contribution in [0.1, 0.15) is 6.92 Å². The maximum absolute atomic E-state index is 12.6. The fourth-order valence-electron chi connectivity index (χ4n) is 3.19. The van der Waals surface area contributed by atoms with Crippen LogP contribution in [-0.2, 0) is 25.6 Å². The van der Waals surface area contributed by atoms with Crippen LogP contribution in [0.4, 0.5) is 0 Å². The number of esters is 1. The first-order valence-corrected chi connectivity index (χ1v) is 8.94. The van der Waals surface area contributed by atoms with Crippen LogP contribution >= 0.6 is 0 Å². The zero-order valence-corrected chi connectivity index (χ0v) is 15.3. The van der Waals surface area contributed by atoms with E-state index in [0.717, 1.165) is 9.95 Å². The van der Waals surface area contributed by atoms with Gasteiger partial charge in [0.1, 0.15) is 17.6 Å². The summed E-state index contributed by atoms with van der Waals surface area (Å²) in [5.74, 6) is -0.990. The Morgan fingerprint density at radius 2 is 2.14 bits per heavy atom. The molecule has 0 spiro atoms. The average molecular weight is 385 g/mol. The first-order chi connectivity index (χ1) is 13.5. The van der Waals surface area contributed by atoms with Gasteiger partial charge in [0.25, 0.3) is 11.5 Å². The van der Waals surface area contributed by atoms with Crippen molar-refractivity contribution < 1.29 is 23.5 Å². The number of carbonyl (C=O) groups is 2. The van der Waals surface area contributed by atoms with Gasteiger partial charge in [0.2, 0.25) is 5.58 Å². The summed E-state index contributed by atoms with van der Waals surface area (Å²) in [5, 5.41) is 0.731. The van der Waals surface area contributed by atoms with Gasteiger partial charge >= 0.3 is 5.97 Å². The quantitative estimate of drug-likeness (QED) is 0.616. The van der Waals surface area contributed by atoms with Crippen LogP contribution < -0.4 is 5.56 Å². The van der Waals surface area contributed by atoms with Crippen molar-refractivity contribution in [1.29, 1.82) is 0 Å². The lowest BCUT2D eigenvalue weighted by molar-refractivity contribution is -0.155. The van der Waals surface area contributed by atoms with Gasteiger partial charge in [-0.1, -0.05) is 12.1 Å². The largest absolute Gasteiger partial charge is 0.454 e. The summed E-state index contributed by atoms with van der Waals surface area (Å²) in [7, 11) is 0. The Morgan fingerprint density at radius 1 is 1.32 bits per heavy atom. The zero-order valence-electron chi connectivity index (χ0n) is 15.3. The Balaban J connectivity index is 1.43. The van der Waals surface area contributed by atoms with Gasteiger partial charge in [0, 0.05) is 18.5 Å². The summed E-state index contributed by atoms with van der Waals surface area (Å²) in [6.07, 6.45) is 1.23. The molecule has 4 rings (SSSR count). The predicted molar refractivity (Wildman–Crippen MR) is 98.7 cm³/mol. The molecule has 9 nitrogen and oxygen atoms in total. The van der Waals surface area contributed by atoms with E-state index in [0.29, 0.717) is 30.8 Å². The summed E-state index contributed by atoms with van der Waals surface area (Å²) in [6.45, 7) is 2.53. The van der Waals surface area contributed by atoms with Crippen molar-refractivity contribution in [2.24, 2.45) is 0 Å². The van der Waals surface area contributed by atoms with E-state index in [-0.39, 0.29) is 30.7 Å². The second kappa shape index (κ2) is 7.43. The van der Waals surface area contributed by atoms with Crippen molar-refractivity contribution in [1.82, 2.24) is 14.5 Å². The maximum atomic E-state index is 12.6. The van der Waals surface area contributed by atoms with E-state index < -0.39 is 11.5 Å². The fraction of sp³-hybridized carbons (Fsp3) is 0.368. The molecule has 28 heavy (non-hydrogen) atoms. The highest BCUT2D eigenvalue weighted by atomic mass is 16.5. The van der Waals surface area contributed by atoms with E-state index in [1.165, 1.54) is 6.33 Å². The van der Waals surface area contributed by atoms with Gasteiger partial charge in [-0.3, -0.25) is 19.0 Å². The molecule has 1 atom stereocenters. The lowest BCUT2D eigenvalue weighted by Crippen LogP contribution is -2.46. The Morgan fingerprint density at radius 3 is 2.96 bits per heavy atom. The molecule has 0 aliphatic carbocycles. The van der Waals surface area contributed by atoms with Gasteiger partial charge in [0.15, 0.2) is 6.61 Å². The molecule has 1 aliphatic rings. The zero-order chi connectivity index (χ0) is 19.7. The molecule has 1 amide bonds. The van der Waals surface area contributed by atoms with Crippen molar-refractivity contribution in [3.05, 3.63) is 40.9 Å². The van der Waals surface area contributed by atoms with Crippen LogP contribution in [0.25, 0.3) is 22.1 Å². The van der Waals surface area contributed by atoms with Gasteiger partial charge in [-0.15, -0.1) is 0 Å². The number of fused-ring (bicyclic) bond motifs is 3. The molecule has 0 saturated carbocycles. The Hall–Kier alpha value is -3.20. The lowest BCUT2D eigenvalue weighted by atomic mass is 10.2. The van der Waals surface area contributed by atoms with Crippen LogP contribution in [0.3, 0.4) is 0 Å². The Kier molecular flexibility index (Phi) is 4.82. The molecule has 1 fully saturated rings. The van der Waals surface area contributed by atoms with E-state index in [2.05, 4.69) is 4.98 Å². The van der Waals surface area contributed by atoms with E-state index in [4.69, 9.17) is 13.9 Å². The Labute approximate surface area is 159 Å². The molecule has 1 aromatic carbocycles. The molecular weight excluding hydrogens is 366 g/mol. The normalized spacial score (nSPS) is 17.2. The minimum Gasteiger partial charge on any atom is -0.454 e. The number of hydrogen-bond acceptors (Lipinski definition) is 7. The van der Waals surface area contributed by atoms with Gasteiger partial charge in [-0.25, -0.2) is 4.98 Å². The highest BCUT2D eigenvalue weighted by molar-refractivity contribution is 6.01. The highest BCUT2D eigenvalue weighted by Crippen LogP contribution is 2.23. The molecule has 0 N–H and O–H groups in total. The van der Waals surface area contributed by atoms with E-state index >= 15 is 0 Å². The van der Waals surface area contributed by atoms with E-state index in [1.807, 2.05) is 19.1 Å². The topological polar surface area (TPSA) is 104 Å². The summed E-state index contributed by atoms with van der Waals surface area (Å²) in [6, 6.07) is 7.18. The Bertz CT molecular complexity index is 1100. The second-order valence-corrected chi connectivity index (χ2v) is 6.64. The number of nitrogens with zero attached hydrogens (tertiary/aromatic N) is 3. The number of morpholine rings is 1. The van der Waals surface area contributed by atoms with Crippen LogP contribution in [-0.4, -0.2) is 58.7 Å². The summed E-state index contributed by atoms with van der Waals surface area (Å²) >= 11 is 0. The number of rotatable bonds is 4. The summed E-state index contributed by atoms with van der Waals surface area (Å²) in [4.78, 5) is 42.6. The molecule has 3 heterocycles. The number of amides is 1. The van der Waals surface area contributed by atoms with Crippen molar-refractivity contribution in [2.75, 3.05) is 26.3 Å². The average Bonchev–Trinajstić information content (AvgIpc) is 3.08. The van der Waals surface area contributed by atoms with E-state index in [9.17, 15) is 14.4 Å². The standard InChI is InChI=1S/C19H19N3O6/c1-12-8-21(6-7-26-12)15(23)10-27-16(24)9-22-11-20-17-13-4-2-3-5-14(13)28-18(17)19(22)25/h2-5,11-12H,6-10H2,1H3. The van der Waals surface area contributed by atoms with Crippen molar-refractivity contribution in [2.45, 2.75) is 19.6 Å². The van der Waals surface area contributed by atoms with Gasteiger partial charge < -0.3 is 18.8 Å². The SMILES string of the molecule is CC1CN(C(=O)COC(=O)Cn2cnc3c(oc4ccccc43)c2=O)CCO1. The minimum absolute atomic E-state index is 0.0476. The minimum atomic E-state index is -0.700. The molecule has 1 unspecified atom stereocenters. The van der Waals surface area contributed by atoms with Gasteiger partial charge in [-0.2, -0.15) is 0 Å². The first kappa shape index (κ1) is 18.2. The van der Waals surface area contributed by atoms with Crippen molar-refractivity contribution in [3.8, 4) is 0 Å². The smallest absolute Gasteiger partial charge is 0.326 e. The van der Waals surface area contributed by atoms with Gasteiger partial charge in [-0.05, 0) is 19.1 Å². The third-order valence-electron chi connectivity index (χ3n) is 4.60. The highest BCUT2D eigenvalue weighted by Gasteiger charge is 2.22. The predicted octanol–water partition coefficient (Wildman–Crippen LogP) is 0.933. The second-order valence-electron chi connectivity index (χ2n) is 6.64. The number of benzene rings is 1. The number of hydrogen-bond donors (Lipinski definition) is 0. The number of ether oxygens (including phenoxy) is 2. The summed E-state index contributed by atoms with van der Waals surface area (Å²) in [5.41, 5.74) is 0.593. The first-order valence-electron chi connectivity index (χ1n) is 8.94. The molecule has 9 heteroatoms. The fourth-order valence-corrected chi connectivity index (χ4v) is 3.19. The molecule has 146 valence electrons. The molecule has 3 aromatic rings. The number of aromatic nitrogens is 2. The molecule has 1 aliphatic heterocycles. The van der Waals surface area contributed by atoms with Crippen LogP contribution in [0.2, 0.25) is 0 Å². The molecule has 0 radical (unpaired) electrons. The van der Waals surface area contributed by atoms with Crippen molar-refractivity contribution in [3.63, 3.8) is 0 Å². The number of furan rings is 1. The van der Waals surface area contributed by atoms with Crippen LogP contribution in [0.15, 0.2) is 39.8 Å². The molecule has 2 aromatic heterocycles. The third-order valence-corrected chi connectivity index (χ3v) is 4.60. The maximum Gasteiger partial charge on any atom is 0.326 e. The number of para-hydroxylation sites is 1. The monoisotopic (exact) mass is 385 g/mol. The lowest BCUT2D eigenvalue weighted by Gasteiger charge is -2.30. The van der Waals surface area contributed by atoms with Crippen molar-refractivity contribution >= 4 is 33.9 Å². The number of carbonyl (C=O) groups excluding carboxylic acids is 2. The molecule has 0 bridgehead atoms.